The average Bonchev–Trinajstić information content (AvgIpc) is 3.07. The Hall–Kier alpha value is -2.97. The minimum atomic E-state index is -2.13. The van der Waals surface area contributed by atoms with Gasteiger partial charge in [-0.05, 0) is 37.3 Å². The van der Waals surface area contributed by atoms with Crippen molar-refractivity contribution in [2.75, 3.05) is 11.8 Å². The van der Waals surface area contributed by atoms with E-state index in [0.717, 1.165) is 22.5 Å². The Morgan fingerprint density at radius 3 is 2.35 bits per heavy atom. The lowest BCUT2D eigenvalue weighted by atomic mass is 10.1. The fraction of sp³-hybridized carbons (Fsp3) is 0.111. The molecule has 1 unspecified atom stereocenters. The lowest BCUT2D eigenvalue weighted by Crippen LogP contribution is -2.18. The molecule has 134 valence electrons. The zero-order chi connectivity index (χ0) is 18.7. The van der Waals surface area contributed by atoms with E-state index in [1.165, 1.54) is 0 Å². The molecule has 0 bridgehead atoms. The maximum absolute atomic E-state index is 12.0. The van der Waals surface area contributed by atoms with E-state index in [9.17, 15) is 9.00 Å². The van der Waals surface area contributed by atoms with Gasteiger partial charge in [0.05, 0.1) is 11.4 Å². The van der Waals surface area contributed by atoms with Crippen LogP contribution >= 0.6 is 0 Å². The molecule has 8 heteroatoms. The Labute approximate surface area is 153 Å². The molecule has 1 atom stereocenters. The fourth-order valence-electron chi connectivity index (χ4n) is 2.52. The first-order valence-electron chi connectivity index (χ1n) is 7.85. The van der Waals surface area contributed by atoms with Gasteiger partial charge in [0.1, 0.15) is 0 Å². The smallest absolute Gasteiger partial charge is 0.271 e. The maximum Gasteiger partial charge on any atom is 0.271 e. The SMILES string of the molecule is CNC(=O)c1cc(-c2ccc(C)cc2)n(-c2ccc(NS(=O)O)cc2)n1. The molecule has 1 heterocycles. The van der Waals surface area contributed by atoms with Gasteiger partial charge in [0.15, 0.2) is 5.69 Å². The van der Waals surface area contributed by atoms with Crippen LogP contribution in [-0.2, 0) is 11.3 Å². The largest absolute Gasteiger partial charge is 0.354 e. The number of hydrogen-bond acceptors (Lipinski definition) is 3. The van der Waals surface area contributed by atoms with Gasteiger partial charge in [-0.25, -0.2) is 8.89 Å². The van der Waals surface area contributed by atoms with Crippen molar-refractivity contribution in [1.82, 2.24) is 15.1 Å². The molecule has 0 radical (unpaired) electrons. The average molecular weight is 370 g/mol. The summed E-state index contributed by atoms with van der Waals surface area (Å²) in [5.41, 5.74) is 4.38. The highest BCUT2D eigenvalue weighted by atomic mass is 32.2. The molecule has 7 nitrogen and oxygen atoms in total. The molecule has 3 N–H and O–H groups in total. The van der Waals surface area contributed by atoms with Crippen LogP contribution in [0, 0.1) is 6.92 Å². The summed E-state index contributed by atoms with van der Waals surface area (Å²) in [6.45, 7) is 2.01. The summed E-state index contributed by atoms with van der Waals surface area (Å²) in [6, 6.07) is 16.5. The van der Waals surface area contributed by atoms with Crippen LogP contribution in [0.5, 0.6) is 0 Å². The Kier molecular flexibility index (Phi) is 5.15. The molecular formula is C18H18N4O3S. The molecule has 0 saturated heterocycles. The van der Waals surface area contributed by atoms with Gasteiger partial charge in [-0.3, -0.25) is 14.1 Å². The van der Waals surface area contributed by atoms with Gasteiger partial charge in [-0.15, -0.1) is 0 Å². The molecule has 1 aromatic heterocycles. The number of aryl methyl sites for hydroxylation is 1. The second kappa shape index (κ2) is 7.51. The first kappa shape index (κ1) is 17.8. The van der Waals surface area contributed by atoms with Gasteiger partial charge in [-0.2, -0.15) is 5.10 Å². The Balaban J connectivity index is 2.07. The minimum absolute atomic E-state index is 0.272. The van der Waals surface area contributed by atoms with E-state index in [1.54, 1.807) is 42.1 Å². The molecule has 2 aromatic carbocycles. The summed E-state index contributed by atoms with van der Waals surface area (Å²) in [6.07, 6.45) is 0. The van der Waals surface area contributed by atoms with Crippen molar-refractivity contribution in [3.8, 4) is 16.9 Å². The number of benzene rings is 2. The lowest BCUT2D eigenvalue weighted by Gasteiger charge is -2.09. The topological polar surface area (TPSA) is 96.2 Å². The molecule has 0 aliphatic carbocycles. The van der Waals surface area contributed by atoms with Crippen molar-refractivity contribution in [3.63, 3.8) is 0 Å². The number of nitrogens with zero attached hydrogens (tertiary/aromatic N) is 2. The van der Waals surface area contributed by atoms with Crippen molar-refractivity contribution < 1.29 is 13.6 Å². The van der Waals surface area contributed by atoms with E-state index in [-0.39, 0.29) is 5.91 Å². The Bertz CT molecular complexity index is 950. The molecule has 1 amide bonds. The number of hydrogen-bond donors (Lipinski definition) is 3. The maximum atomic E-state index is 12.0. The molecule has 0 fully saturated rings. The molecule has 3 rings (SSSR count). The second-order valence-corrected chi connectivity index (χ2v) is 6.37. The van der Waals surface area contributed by atoms with Crippen molar-refractivity contribution in [3.05, 3.63) is 65.9 Å². The predicted octanol–water partition coefficient (Wildman–Crippen LogP) is 2.76. The van der Waals surface area contributed by atoms with E-state index in [0.29, 0.717) is 11.4 Å². The summed E-state index contributed by atoms with van der Waals surface area (Å²) in [4.78, 5) is 12.0. The third kappa shape index (κ3) is 3.81. The lowest BCUT2D eigenvalue weighted by molar-refractivity contribution is 0.0957. The highest BCUT2D eigenvalue weighted by Crippen LogP contribution is 2.25. The van der Waals surface area contributed by atoms with Crippen LogP contribution in [0.3, 0.4) is 0 Å². The Morgan fingerprint density at radius 2 is 1.77 bits per heavy atom. The highest BCUT2D eigenvalue weighted by molar-refractivity contribution is 7.80. The molecule has 0 aliphatic rings. The monoisotopic (exact) mass is 370 g/mol. The van der Waals surface area contributed by atoms with Gasteiger partial charge in [0.25, 0.3) is 17.2 Å². The number of rotatable bonds is 5. The third-order valence-corrected chi connectivity index (χ3v) is 4.24. The number of nitrogens with one attached hydrogen (secondary N) is 2. The Morgan fingerprint density at radius 1 is 1.12 bits per heavy atom. The number of carbonyl (C=O) groups is 1. The molecule has 0 aliphatic heterocycles. The van der Waals surface area contributed by atoms with Crippen molar-refractivity contribution >= 4 is 22.9 Å². The fourth-order valence-corrected chi connectivity index (χ4v) is 2.86. The van der Waals surface area contributed by atoms with Gasteiger partial charge in [0.2, 0.25) is 0 Å². The molecular weight excluding hydrogens is 352 g/mol. The summed E-state index contributed by atoms with van der Waals surface area (Å²) in [5.74, 6) is -0.272. The van der Waals surface area contributed by atoms with Gasteiger partial charge >= 0.3 is 0 Å². The summed E-state index contributed by atoms with van der Waals surface area (Å²) >= 11 is -2.13. The number of anilines is 1. The predicted molar refractivity (Wildman–Crippen MR) is 102 cm³/mol. The van der Waals surface area contributed by atoms with Gasteiger partial charge in [0, 0.05) is 18.3 Å². The number of carbonyl (C=O) groups excluding carboxylic acids is 1. The summed E-state index contributed by atoms with van der Waals surface area (Å²) in [5, 5.41) is 6.99. The quantitative estimate of drug-likeness (QED) is 0.602. The second-order valence-electron chi connectivity index (χ2n) is 5.67. The first-order valence-corrected chi connectivity index (χ1v) is 8.96. The molecule has 0 saturated carbocycles. The standard InChI is InChI=1S/C18H18N4O3S/c1-12-3-5-13(6-4-12)17-11-16(18(23)19-2)20-22(17)15-9-7-14(8-10-15)21-26(24)25/h3-11,21H,1-2H3,(H,19,23)(H,24,25). The van der Waals surface area contributed by atoms with E-state index < -0.39 is 11.3 Å². The normalized spacial score (nSPS) is 11.8. The summed E-state index contributed by atoms with van der Waals surface area (Å²) < 4.78 is 23.8. The van der Waals surface area contributed by atoms with Crippen LogP contribution in [0.15, 0.2) is 54.6 Å². The van der Waals surface area contributed by atoms with Crippen LogP contribution in [-0.4, -0.2) is 31.5 Å². The van der Waals surface area contributed by atoms with E-state index in [4.69, 9.17) is 4.55 Å². The molecule has 3 aromatic rings. The van der Waals surface area contributed by atoms with Crippen LogP contribution in [0.25, 0.3) is 16.9 Å². The molecule has 26 heavy (non-hydrogen) atoms. The van der Waals surface area contributed by atoms with Crippen LogP contribution in [0.2, 0.25) is 0 Å². The zero-order valence-electron chi connectivity index (χ0n) is 14.3. The first-order chi connectivity index (χ1) is 12.5. The van der Waals surface area contributed by atoms with Crippen molar-refractivity contribution in [2.24, 2.45) is 0 Å². The number of amides is 1. The van der Waals surface area contributed by atoms with E-state index in [2.05, 4.69) is 15.1 Å². The summed E-state index contributed by atoms with van der Waals surface area (Å²) in [7, 11) is 1.56. The van der Waals surface area contributed by atoms with Crippen molar-refractivity contribution in [1.29, 1.82) is 0 Å². The zero-order valence-corrected chi connectivity index (χ0v) is 15.1. The van der Waals surface area contributed by atoms with Crippen LogP contribution in [0.1, 0.15) is 16.1 Å². The van der Waals surface area contributed by atoms with Crippen molar-refractivity contribution in [2.45, 2.75) is 6.92 Å². The number of aromatic nitrogens is 2. The van der Waals surface area contributed by atoms with E-state index >= 15 is 0 Å². The van der Waals surface area contributed by atoms with E-state index in [1.807, 2.05) is 31.2 Å². The molecule has 0 spiro atoms. The highest BCUT2D eigenvalue weighted by Gasteiger charge is 2.16. The minimum Gasteiger partial charge on any atom is -0.354 e. The van der Waals surface area contributed by atoms with Gasteiger partial charge in [-0.1, -0.05) is 29.8 Å². The van der Waals surface area contributed by atoms with Crippen LogP contribution in [0.4, 0.5) is 5.69 Å². The third-order valence-electron chi connectivity index (χ3n) is 3.83. The van der Waals surface area contributed by atoms with Crippen LogP contribution < -0.4 is 10.0 Å². The van der Waals surface area contributed by atoms with Gasteiger partial charge < -0.3 is 5.32 Å².